The highest BCUT2D eigenvalue weighted by atomic mass is 16.6. The van der Waals surface area contributed by atoms with Crippen molar-refractivity contribution in [3.63, 3.8) is 0 Å². The van der Waals surface area contributed by atoms with Crippen LogP contribution in [0.1, 0.15) is 34.7 Å². The van der Waals surface area contributed by atoms with E-state index in [2.05, 4.69) is 133 Å². The van der Waals surface area contributed by atoms with E-state index in [0.29, 0.717) is 28.7 Å². The second kappa shape index (κ2) is 11.4. The summed E-state index contributed by atoms with van der Waals surface area (Å²) < 4.78 is 13.3. The van der Waals surface area contributed by atoms with Gasteiger partial charge >= 0.3 is 0 Å². The fourth-order valence-electron chi connectivity index (χ4n) is 7.45. The number of hydrogen-bond donors (Lipinski definition) is 1. The summed E-state index contributed by atoms with van der Waals surface area (Å²) in [7, 11) is 0. The maximum absolute atomic E-state index is 6.74. The Kier molecular flexibility index (Phi) is 6.70. The topological polar surface area (TPSA) is 56.8 Å². The lowest BCUT2D eigenvalue weighted by atomic mass is 9.67. The standard InChI is InChI=1S/C45H32N2O2/c1-29(47-40-22-11-10-21-39(40)46)30-13-12-14-31(25-30)32-23-24-41-42(26-32)49-44-28-38-36(27-43(44)48-41)35-19-8-9-20-37(35)45(38,33-15-4-2-5-16-33)34-17-6-3-7-18-34/h2-28H,46H2,1H3. The van der Waals surface area contributed by atoms with E-state index in [-0.39, 0.29) is 0 Å². The minimum absolute atomic E-state index is 0.515. The van der Waals surface area contributed by atoms with Gasteiger partial charge in [0.2, 0.25) is 0 Å². The molecule has 0 atom stereocenters. The van der Waals surface area contributed by atoms with Gasteiger partial charge in [-0.1, -0.05) is 121 Å². The van der Waals surface area contributed by atoms with Crippen LogP contribution in [0.4, 0.5) is 11.4 Å². The van der Waals surface area contributed by atoms with E-state index in [4.69, 9.17) is 20.2 Å². The zero-order valence-electron chi connectivity index (χ0n) is 26.9. The summed E-state index contributed by atoms with van der Waals surface area (Å²) in [5.74, 6) is 2.77. The van der Waals surface area contributed by atoms with Crippen molar-refractivity contribution < 1.29 is 9.47 Å². The normalized spacial score (nSPS) is 13.7. The van der Waals surface area contributed by atoms with Crippen LogP contribution in [0.3, 0.4) is 0 Å². The SMILES string of the molecule is CC(=Nc1ccccc1N)c1cccc(-c2ccc3c(c2)Oc2cc4c(cc2O3)-c2ccccc2C4(c2ccccc2)c2ccccc2)c1. The van der Waals surface area contributed by atoms with Gasteiger partial charge in [0.25, 0.3) is 0 Å². The van der Waals surface area contributed by atoms with Crippen molar-refractivity contribution in [1.82, 2.24) is 0 Å². The molecular weight excluding hydrogens is 601 g/mol. The summed E-state index contributed by atoms with van der Waals surface area (Å²) >= 11 is 0. The van der Waals surface area contributed by atoms with Crippen molar-refractivity contribution in [2.75, 3.05) is 5.73 Å². The summed E-state index contributed by atoms with van der Waals surface area (Å²) in [5, 5.41) is 0. The highest BCUT2D eigenvalue weighted by Gasteiger charge is 2.47. The zero-order chi connectivity index (χ0) is 33.0. The molecule has 0 radical (unpaired) electrons. The number of fused-ring (bicyclic) bond motifs is 5. The van der Waals surface area contributed by atoms with E-state index in [1.165, 1.54) is 27.8 Å². The molecular formula is C45H32N2O2. The average molecular weight is 633 g/mol. The number of hydrogen-bond acceptors (Lipinski definition) is 4. The number of ether oxygens (including phenoxy) is 2. The van der Waals surface area contributed by atoms with Crippen LogP contribution in [-0.2, 0) is 5.41 Å². The molecule has 4 heteroatoms. The third-order valence-corrected chi connectivity index (χ3v) is 9.74. The minimum atomic E-state index is -0.515. The molecule has 0 bridgehead atoms. The molecule has 0 aromatic heterocycles. The predicted octanol–water partition coefficient (Wildman–Crippen LogP) is 11.3. The predicted molar refractivity (Wildman–Crippen MR) is 198 cm³/mol. The van der Waals surface area contributed by atoms with Gasteiger partial charge in [0.15, 0.2) is 23.0 Å². The van der Waals surface area contributed by atoms with Crippen LogP contribution in [0.5, 0.6) is 23.0 Å². The van der Waals surface area contributed by atoms with Gasteiger partial charge in [-0.2, -0.15) is 0 Å². The fraction of sp³-hybridized carbons (Fsp3) is 0.0444. The van der Waals surface area contributed by atoms with Crippen LogP contribution in [0.2, 0.25) is 0 Å². The maximum Gasteiger partial charge on any atom is 0.170 e. The Balaban J connectivity index is 1.13. The summed E-state index contributed by atoms with van der Waals surface area (Å²) in [4.78, 5) is 4.80. The van der Waals surface area contributed by atoms with Crippen molar-refractivity contribution in [3.05, 3.63) is 192 Å². The maximum atomic E-state index is 6.74. The first-order valence-corrected chi connectivity index (χ1v) is 16.5. The molecule has 49 heavy (non-hydrogen) atoms. The third kappa shape index (κ3) is 4.64. The first-order chi connectivity index (χ1) is 24.1. The number of rotatable bonds is 5. The highest BCUT2D eigenvalue weighted by Crippen LogP contribution is 2.59. The van der Waals surface area contributed by atoms with E-state index < -0.39 is 5.41 Å². The number of nitrogen functional groups attached to an aromatic ring is 1. The van der Waals surface area contributed by atoms with Crippen molar-refractivity contribution in [2.24, 2.45) is 4.99 Å². The number of anilines is 1. The van der Waals surface area contributed by atoms with Crippen LogP contribution in [0.25, 0.3) is 22.3 Å². The minimum Gasteiger partial charge on any atom is -0.449 e. The molecule has 1 aliphatic heterocycles. The molecule has 234 valence electrons. The van der Waals surface area contributed by atoms with Gasteiger partial charge in [0.1, 0.15) is 0 Å². The van der Waals surface area contributed by atoms with Crippen molar-refractivity contribution in [2.45, 2.75) is 12.3 Å². The summed E-state index contributed by atoms with van der Waals surface area (Å²) in [6, 6.07) is 56.8. The zero-order valence-corrected chi connectivity index (χ0v) is 26.9. The molecule has 4 nitrogen and oxygen atoms in total. The number of benzene rings is 7. The lowest BCUT2D eigenvalue weighted by molar-refractivity contribution is 0.359. The molecule has 2 N–H and O–H groups in total. The molecule has 0 saturated heterocycles. The fourth-order valence-corrected chi connectivity index (χ4v) is 7.45. The van der Waals surface area contributed by atoms with E-state index >= 15 is 0 Å². The van der Waals surface area contributed by atoms with Gasteiger partial charge in [-0.25, -0.2) is 0 Å². The van der Waals surface area contributed by atoms with Crippen LogP contribution in [0, 0.1) is 0 Å². The molecule has 7 aromatic carbocycles. The van der Waals surface area contributed by atoms with Crippen molar-refractivity contribution in [1.29, 1.82) is 0 Å². The molecule has 1 aliphatic carbocycles. The van der Waals surface area contributed by atoms with Gasteiger partial charge in [-0.3, -0.25) is 4.99 Å². The molecule has 0 fully saturated rings. The number of aliphatic imine (C=N–C) groups is 1. The summed E-state index contributed by atoms with van der Waals surface area (Å²) in [6.45, 7) is 2.01. The van der Waals surface area contributed by atoms with Gasteiger partial charge in [0.05, 0.1) is 16.8 Å². The van der Waals surface area contributed by atoms with Crippen LogP contribution < -0.4 is 15.2 Å². The average Bonchev–Trinajstić information content (AvgIpc) is 3.44. The molecule has 9 rings (SSSR count). The van der Waals surface area contributed by atoms with Crippen LogP contribution in [-0.4, -0.2) is 5.71 Å². The van der Waals surface area contributed by atoms with Gasteiger partial charge in [-0.05, 0) is 99.5 Å². The van der Waals surface area contributed by atoms with Crippen molar-refractivity contribution >= 4 is 17.1 Å². The number of nitrogens with two attached hydrogens (primary N) is 1. The Labute approximate surface area is 285 Å². The Morgan fingerprint density at radius 3 is 1.92 bits per heavy atom. The third-order valence-electron chi connectivity index (χ3n) is 9.74. The molecule has 0 amide bonds. The first-order valence-electron chi connectivity index (χ1n) is 16.5. The number of nitrogens with zero attached hydrogens (tertiary/aromatic N) is 1. The second-order valence-electron chi connectivity index (χ2n) is 12.6. The van der Waals surface area contributed by atoms with E-state index in [1.807, 2.05) is 37.3 Å². The van der Waals surface area contributed by atoms with E-state index in [9.17, 15) is 0 Å². The summed E-state index contributed by atoms with van der Waals surface area (Å²) in [6.07, 6.45) is 0. The second-order valence-corrected chi connectivity index (χ2v) is 12.6. The Hall–Kier alpha value is -6.39. The largest absolute Gasteiger partial charge is 0.449 e. The Bertz CT molecular complexity index is 2370. The van der Waals surface area contributed by atoms with Crippen LogP contribution >= 0.6 is 0 Å². The lowest BCUT2D eigenvalue weighted by Crippen LogP contribution is -2.28. The Morgan fingerprint density at radius 1 is 0.510 bits per heavy atom. The molecule has 0 spiro atoms. The number of para-hydroxylation sites is 2. The quantitative estimate of drug-likeness (QED) is 0.152. The van der Waals surface area contributed by atoms with Crippen LogP contribution in [0.15, 0.2) is 169 Å². The summed E-state index contributed by atoms with van der Waals surface area (Å²) in [5.41, 5.74) is 18.3. The monoisotopic (exact) mass is 632 g/mol. The lowest BCUT2D eigenvalue weighted by Gasteiger charge is -2.34. The molecule has 2 aliphatic rings. The molecule has 7 aromatic rings. The highest BCUT2D eigenvalue weighted by molar-refractivity contribution is 6.01. The van der Waals surface area contributed by atoms with Gasteiger partial charge < -0.3 is 15.2 Å². The Morgan fingerprint density at radius 2 is 1.14 bits per heavy atom. The smallest absolute Gasteiger partial charge is 0.170 e. The first kappa shape index (κ1) is 28.8. The van der Waals surface area contributed by atoms with E-state index in [0.717, 1.165) is 33.7 Å². The van der Waals surface area contributed by atoms with Crippen molar-refractivity contribution in [3.8, 4) is 45.3 Å². The van der Waals surface area contributed by atoms with E-state index in [1.54, 1.807) is 0 Å². The van der Waals surface area contributed by atoms with Gasteiger partial charge in [0, 0.05) is 5.71 Å². The molecule has 0 saturated carbocycles. The molecule has 0 unspecified atom stereocenters. The van der Waals surface area contributed by atoms with Gasteiger partial charge in [-0.15, -0.1) is 0 Å². The molecule has 1 heterocycles.